The highest BCUT2D eigenvalue weighted by Crippen LogP contribution is 2.23. The summed E-state index contributed by atoms with van der Waals surface area (Å²) in [6, 6.07) is 5.37. The topological polar surface area (TPSA) is 66.9 Å². The van der Waals surface area contributed by atoms with Gasteiger partial charge in [-0.15, -0.1) is 0 Å². The Morgan fingerprint density at radius 2 is 2.21 bits per heavy atom. The van der Waals surface area contributed by atoms with Crippen molar-refractivity contribution in [3.8, 4) is 0 Å². The summed E-state index contributed by atoms with van der Waals surface area (Å²) >= 11 is 5.23. The average Bonchev–Trinajstić information content (AvgIpc) is 2.54. The maximum Gasteiger partial charge on any atom is 0.262 e. The molecule has 0 aliphatic heterocycles. The van der Waals surface area contributed by atoms with Crippen LogP contribution in [0.2, 0.25) is 0 Å². The Bertz CT molecular complexity index is 884. The van der Waals surface area contributed by atoms with E-state index in [1.807, 2.05) is 6.92 Å². The fourth-order valence-electron chi connectivity index (χ4n) is 3.52. The van der Waals surface area contributed by atoms with Crippen molar-refractivity contribution in [2.24, 2.45) is 5.92 Å². The number of hydrogen-bond donors (Lipinski definition) is 2. The van der Waals surface area contributed by atoms with E-state index in [4.69, 9.17) is 12.2 Å². The quantitative estimate of drug-likeness (QED) is 0.838. The van der Waals surface area contributed by atoms with Gasteiger partial charge in [0.1, 0.15) is 0 Å². The first-order chi connectivity index (χ1) is 11.5. The Morgan fingerprint density at radius 3 is 2.92 bits per heavy atom. The van der Waals surface area contributed by atoms with E-state index in [0.29, 0.717) is 33.7 Å². The van der Waals surface area contributed by atoms with E-state index in [-0.39, 0.29) is 17.5 Å². The maximum atomic E-state index is 12.5. The van der Waals surface area contributed by atoms with Crippen LogP contribution in [0, 0.1) is 10.7 Å². The van der Waals surface area contributed by atoms with Crippen LogP contribution in [0.3, 0.4) is 0 Å². The van der Waals surface area contributed by atoms with Crippen LogP contribution in [0.5, 0.6) is 0 Å². The van der Waals surface area contributed by atoms with Crippen LogP contribution >= 0.6 is 12.2 Å². The second kappa shape index (κ2) is 6.89. The second-order valence-corrected chi connectivity index (χ2v) is 7.07. The molecule has 3 rings (SSSR count). The standard InChI is InChI=1S/C18H23N3O2S/c1-3-21-17(23)14-8-7-12(10-15(14)20-18(21)24)16(22)19-13-6-4-5-11(2)9-13/h7-8,10-11,13H,3-6,9H2,1-2H3,(H,19,22)(H,20,24). The highest BCUT2D eigenvalue weighted by atomic mass is 32.1. The number of amides is 1. The van der Waals surface area contributed by atoms with Gasteiger partial charge in [-0.25, -0.2) is 0 Å². The Hall–Kier alpha value is -1.95. The minimum absolute atomic E-state index is 0.0880. The number of fused-ring (bicyclic) bond motifs is 1. The number of nitrogens with zero attached hydrogens (tertiary/aromatic N) is 1. The molecule has 2 N–H and O–H groups in total. The molecule has 0 radical (unpaired) electrons. The van der Waals surface area contributed by atoms with E-state index in [1.54, 1.807) is 18.2 Å². The number of aromatic nitrogens is 2. The van der Waals surface area contributed by atoms with Crippen molar-refractivity contribution in [2.75, 3.05) is 0 Å². The summed E-state index contributed by atoms with van der Waals surface area (Å²) in [4.78, 5) is 28.0. The predicted molar refractivity (Wildman–Crippen MR) is 98.0 cm³/mol. The van der Waals surface area contributed by atoms with Gasteiger partial charge in [0.2, 0.25) is 0 Å². The summed E-state index contributed by atoms with van der Waals surface area (Å²) in [7, 11) is 0. The SMILES string of the molecule is CCn1c(=S)[nH]c2cc(C(=O)NC3CCCC(C)C3)ccc2c1=O. The molecule has 2 atom stereocenters. The zero-order valence-corrected chi connectivity index (χ0v) is 14.9. The lowest BCUT2D eigenvalue weighted by atomic mass is 9.87. The highest BCUT2D eigenvalue weighted by molar-refractivity contribution is 7.71. The molecule has 2 unspecified atom stereocenters. The average molecular weight is 345 g/mol. The minimum Gasteiger partial charge on any atom is -0.349 e. The van der Waals surface area contributed by atoms with Gasteiger partial charge in [0.05, 0.1) is 10.9 Å². The molecule has 1 aliphatic carbocycles. The molecule has 128 valence electrons. The van der Waals surface area contributed by atoms with Crippen LogP contribution in [0.4, 0.5) is 0 Å². The predicted octanol–water partition coefficient (Wildman–Crippen LogP) is 3.39. The molecule has 1 heterocycles. The molecule has 1 aromatic heterocycles. The van der Waals surface area contributed by atoms with Crippen molar-refractivity contribution in [1.82, 2.24) is 14.9 Å². The molecular formula is C18H23N3O2S. The van der Waals surface area contributed by atoms with Crippen molar-refractivity contribution >= 4 is 29.0 Å². The van der Waals surface area contributed by atoms with Crippen LogP contribution < -0.4 is 10.9 Å². The molecule has 1 fully saturated rings. The third-order valence-corrected chi connectivity index (χ3v) is 5.15. The summed E-state index contributed by atoms with van der Waals surface area (Å²) in [5.41, 5.74) is 1.05. The van der Waals surface area contributed by atoms with E-state index in [0.717, 1.165) is 19.3 Å². The van der Waals surface area contributed by atoms with Crippen molar-refractivity contribution in [3.05, 3.63) is 38.9 Å². The van der Waals surface area contributed by atoms with E-state index >= 15 is 0 Å². The number of H-pyrrole nitrogens is 1. The first-order valence-corrected chi connectivity index (χ1v) is 8.98. The zero-order valence-electron chi connectivity index (χ0n) is 14.1. The molecule has 1 aliphatic rings. The minimum atomic E-state index is -0.121. The van der Waals surface area contributed by atoms with Gasteiger partial charge >= 0.3 is 0 Å². The van der Waals surface area contributed by atoms with Crippen molar-refractivity contribution in [1.29, 1.82) is 0 Å². The van der Waals surface area contributed by atoms with Gasteiger partial charge in [-0.3, -0.25) is 14.2 Å². The Morgan fingerprint density at radius 1 is 1.42 bits per heavy atom. The Labute approximate surface area is 146 Å². The molecule has 0 bridgehead atoms. The maximum absolute atomic E-state index is 12.5. The lowest BCUT2D eigenvalue weighted by Gasteiger charge is -2.27. The van der Waals surface area contributed by atoms with E-state index < -0.39 is 0 Å². The molecular weight excluding hydrogens is 322 g/mol. The van der Waals surface area contributed by atoms with E-state index in [2.05, 4.69) is 17.2 Å². The van der Waals surface area contributed by atoms with Gasteiger partial charge in [-0.2, -0.15) is 0 Å². The number of benzene rings is 1. The lowest BCUT2D eigenvalue weighted by Crippen LogP contribution is -2.38. The largest absolute Gasteiger partial charge is 0.349 e. The number of aromatic amines is 1. The Kier molecular flexibility index (Phi) is 4.85. The summed E-state index contributed by atoms with van der Waals surface area (Å²) in [6.45, 7) is 4.63. The van der Waals surface area contributed by atoms with Gasteiger partial charge in [-0.1, -0.05) is 19.8 Å². The highest BCUT2D eigenvalue weighted by Gasteiger charge is 2.21. The van der Waals surface area contributed by atoms with Gasteiger partial charge in [-0.05, 0) is 56.1 Å². The molecule has 1 amide bonds. The molecule has 0 saturated heterocycles. The van der Waals surface area contributed by atoms with Crippen LogP contribution in [-0.4, -0.2) is 21.5 Å². The van der Waals surface area contributed by atoms with E-state index in [9.17, 15) is 9.59 Å². The Balaban J connectivity index is 1.89. The zero-order chi connectivity index (χ0) is 17.3. The summed E-state index contributed by atoms with van der Waals surface area (Å²) in [6.07, 6.45) is 4.46. The van der Waals surface area contributed by atoms with Crippen molar-refractivity contribution < 1.29 is 4.79 Å². The monoisotopic (exact) mass is 345 g/mol. The number of carbonyl (C=O) groups is 1. The van der Waals surface area contributed by atoms with Crippen molar-refractivity contribution in [2.45, 2.75) is 52.1 Å². The fourth-order valence-corrected chi connectivity index (χ4v) is 3.84. The van der Waals surface area contributed by atoms with Gasteiger partial charge in [0.25, 0.3) is 11.5 Å². The summed E-state index contributed by atoms with van der Waals surface area (Å²) in [5, 5.41) is 3.67. The second-order valence-electron chi connectivity index (χ2n) is 6.68. The molecule has 5 nitrogen and oxygen atoms in total. The number of nitrogens with one attached hydrogen (secondary N) is 2. The number of hydrogen-bond acceptors (Lipinski definition) is 3. The lowest BCUT2D eigenvalue weighted by molar-refractivity contribution is 0.0921. The van der Waals surface area contributed by atoms with Gasteiger partial charge in [0, 0.05) is 18.2 Å². The van der Waals surface area contributed by atoms with E-state index in [1.165, 1.54) is 11.0 Å². The smallest absolute Gasteiger partial charge is 0.262 e. The summed E-state index contributed by atoms with van der Waals surface area (Å²) in [5.74, 6) is 0.569. The molecule has 6 heteroatoms. The molecule has 1 aromatic carbocycles. The van der Waals surface area contributed by atoms with Crippen LogP contribution in [0.15, 0.2) is 23.0 Å². The molecule has 2 aromatic rings. The third-order valence-electron chi connectivity index (χ3n) is 4.83. The van der Waals surface area contributed by atoms with Crippen LogP contribution in [0.1, 0.15) is 49.9 Å². The van der Waals surface area contributed by atoms with Crippen molar-refractivity contribution in [3.63, 3.8) is 0 Å². The number of carbonyl (C=O) groups excluding carboxylic acids is 1. The van der Waals surface area contributed by atoms with Gasteiger partial charge in [0.15, 0.2) is 4.77 Å². The summed E-state index contributed by atoms with van der Waals surface area (Å²) < 4.78 is 1.90. The number of rotatable bonds is 3. The molecule has 1 saturated carbocycles. The van der Waals surface area contributed by atoms with Crippen LogP contribution in [0.25, 0.3) is 10.9 Å². The fraction of sp³-hybridized carbons (Fsp3) is 0.500. The molecule has 24 heavy (non-hydrogen) atoms. The molecule has 0 spiro atoms. The third kappa shape index (κ3) is 3.29. The normalized spacial score (nSPS) is 20.9. The first kappa shape index (κ1) is 16.9. The van der Waals surface area contributed by atoms with Crippen LogP contribution in [-0.2, 0) is 6.54 Å². The first-order valence-electron chi connectivity index (χ1n) is 8.57. The van der Waals surface area contributed by atoms with Gasteiger partial charge < -0.3 is 10.3 Å².